The summed E-state index contributed by atoms with van der Waals surface area (Å²) >= 11 is 0. The van der Waals surface area contributed by atoms with Crippen molar-refractivity contribution in [2.75, 3.05) is 19.6 Å². The van der Waals surface area contributed by atoms with Gasteiger partial charge in [-0.2, -0.15) is 0 Å². The van der Waals surface area contributed by atoms with Crippen molar-refractivity contribution in [3.63, 3.8) is 0 Å². The summed E-state index contributed by atoms with van der Waals surface area (Å²) in [5.41, 5.74) is 0.522. The fourth-order valence-electron chi connectivity index (χ4n) is 4.78. The van der Waals surface area contributed by atoms with Crippen LogP contribution in [0.4, 0.5) is 0 Å². The van der Waals surface area contributed by atoms with Gasteiger partial charge in [-0.05, 0) is 56.5 Å². The number of carbonyl (C=O) groups is 1. The molecular formula is C17H29NO2. The number of hydrogen-bond acceptors (Lipinski definition) is 3. The zero-order chi connectivity index (χ0) is 14.4. The van der Waals surface area contributed by atoms with Gasteiger partial charge in [-0.25, -0.2) is 0 Å². The van der Waals surface area contributed by atoms with Gasteiger partial charge in [0.2, 0.25) is 0 Å². The predicted molar refractivity (Wildman–Crippen MR) is 79.4 cm³/mol. The standard InChI is InChI=1S/C17H29NO2/c1-16(2)13-6-8-17(16,3)14(12-13)20-15(19)7-11-18-9-4-5-10-18/h13-14H,4-12H2,1-3H3/t13-,14+,17+/m0/s1. The van der Waals surface area contributed by atoms with Crippen LogP contribution < -0.4 is 0 Å². The van der Waals surface area contributed by atoms with Crippen LogP contribution >= 0.6 is 0 Å². The summed E-state index contributed by atoms with van der Waals surface area (Å²) in [4.78, 5) is 14.5. The van der Waals surface area contributed by atoms with Crippen molar-refractivity contribution in [3.8, 4) is 0 Å². The zero-order valence-corrected chi connectivity index (χ0v) is 13.3. The number of nitrogens with zero attached hydrogens (tertiary/aromatic N) is 1. The Hall–Kier alpha value is -0.570. The first-order chi connectivity index (χ1) is 9.43. The molecule has 0 unspecified atom stereocenters. The quantitative estimate of drug-likeness (QED) is 0.740. The maximum absolute atomic E-state index is 12.1. The molecule has 1 heterocycles. The second-order valence-electron chi connectivity index (χ2n) is 7.89. The lowest BCUT2D eigenvalue weighted by atomic mass is 9.70. The molecule has 3 rings (SSSR count). The fourth-order valence-corrected chi connectivity index (χ4v) is 4.78. The largest absolute Gasteiger partial charge is 0.462 e. The average Bonchev–Trinajstić information content (AvgIpc) is 3.02. The molecule has 2 aliphatic carbocycles. The molecule has 3 heteroatoms. The third kappa shape index (κ3) is 2.18. The smallest absolute Gasteiger partial charge is 0.307 e. The molecule has 3 atom stereocenters. The van der Waals surface area contributed by atoms with Gasteiger partial charge in [-0.3, -0.25) is 4.79 Å². The molecule has 0 N–H and O–H groups in total. The second kappa shape index (κ2) is 5.01. The molecule has 3 fully saturated rings. The minimum atomic E-state index is 0.0199. The Morgan fingerprint density at radius 1 is 1.25 bits per heavy atom. The van der Waals surface area contributed by atoms with Gasteiger partial charge in [-0.15, -0.1) is 0 Å². The van der Waals surface area contributed by atoms with Crippen molar-refractivity contribution in [3.05, 3.63) is 0 Å². The Labute approximate surface area is 123 Å². The number of hydrogen-bond donors (Lipinski definition) is 0. The van der Waals surface area contributed by atoms with E-state index in [1.54, 1.807) is 0 Å². The molecule has 2 saturated carbocycles. The summed E-state index contributed by atoms with van der Waals surface area (Å²) in [7, 11) is 0. The maximum atomic E-state index is 12.1. The highest BCUT2D eigenvalue weighted by Crippen LogP contribution is 2.66. The number of fused-ring (bicyclic) bond motifs is 2. The van der Waals surface area contributed by atoms with E-state index in [0.29, 0.717) is 11.8 Å². The fraction of sp³-hybridized carbons (Fsp3) is 0.941. The number of esters is 1. The van der Waals surface area contributed by atoms with Crippen LogP contribution in [0.1, 0.15) is 59.3 Å². The lowest BCUT2D eigenvalue weighted by Crippen LogP contribution is -2.38. The first-order valence-electron chi connectivity index (χ1n) is 8.35. The van der Waals surface area contributed by atoms with Crippen LogP contribution in [0.5, 0.6) is 0 Å². The Bertz CT molecular complexity index is 386. The molecule has 1 aliphatic heterocycles. The molecule has 0 aromatic heterocycles. The van der Waals surface area contributed by atoms with E-state index >= 15 is 0 Å². The number of carbonyl (C=O) groups excluding carboxylic acids is 1. The van der Waals surface area contributed by atoms with Gasteiger partial charge in [0.25, 0.3) is 0 Å². The molecule has 20 heavy (non-hydrogen) atoms. The van der Waals surface area contributed by atoms with Crippen LogP contribution in [0.2, 0.25) is 0 Å². The highest BCUT2D eigenvalue weighted by molar-refractivity contribution is 5.70. The average molecular weight is 279 g/mol. The highest BCUT2D eigenvalue weighted by atomic mass is 16.5. The molecule has 0 aromatic carbocycles. The van der Waals surface area contributed by atoms with E-state index in [1.165, 1.54) is 25.7 Å². The topological polar surface area (TPSA) is 29.5 Å². The molecule has 0 aromatic rings. The Morgan fingerprint density at radius 2 is 1.95 bits per heavy atom. The number of ether oxygens (including phenoxy) is 1. The van der Waals surface area contributed by atoms with Crippen molar-refractivity contribution >= 4 is 5.97 Å². The van der Waals surface area contributed by atoms with E-state index in [1.807, 2.05) is 0 Å². The molecule has 3 aliphatic rings. The zero-order valence-electron chi connectivity index (χ0n) is 13.3. The van der Waals surface area contributed by atoms with Crippen molar-refractivity contribution < 1.29 is 9.53 Å². The first kappa shape index (κ1) is 14.4. The maximum Gasteiger partial charge on any atom is 0.307 e. The Balaban J connectivity index is 1.52. The van der Waals surface area contributed by atoms with Gasteiger partial charge in [-0.1, -0.05) is 20.8 Å². The summed E-state index contributed by atoms with van der Waals surface area (Å²) in [6.07, 6.45) is 6.90. The van der Waals surface area contributed by atoms with E-state index in [0.717, 1.165) is 32.0 Å². The van der Waals surface area contributed by atoms with Crippen molar-refractivity contribution in [1.29, 1.82) is 0 Å². The lowest BCUT2D eigenvalue weighted by molar-refractivity contribution is -0.157. The van der Waals surface area contributed by atoms with E-state index < -0.39 is 0 Å². The molecule has 0 radical (unpaired) electrons. The molecule has 114 valence electrons. The van der Waals surface area contributed by atoms with E-state index in [-0.39, 0.29) is 17.5 Å². The highest BCUT2D eigenvalue weighted by Gasteiger charge is 2.62. The first-order valence-corrected chi connectivity index (χ1v) is 8.35. The van der Waals surface area contributed by atoms with Crippen LogP contribution in [0.15, 0.2) is 0 Å². The number of rotatable bonds is 4. The van der Waals surface area contributed by atoms with Gasteiger partial charge in [0, 0.05) is 12.0 Å². The van der Waals surface area contributed by atoms with E-state index in [4.69, 9.17) is 4.74 Å². The van der Waals surface area contributed by atoms with Gasteiger partial charge in [0.05, 0.1) is 6.42 Å². The van der Waals surface area contributed by atoms with Crippen molar-refractivity contribution in [2.45, 2.75) is 65.4 Å². The predicted octanol–water partition coefficient (Wildman–Crippen LogP) is 3.23. The van der Waals surface area contributed by atoms with E-state index in [9.17, 15) is 4.79 Å². The Kier molecular flexibility index (Phi) is 3.60. The summed E-state index contributed by atoms with van der Waals surface area (Å²) in [6.45, 7) is 10.3. The molecular weight excluding hydrogens is 250 g/mol. The lowest BCUT2D eigenvalue weighted by Gasteiger charge is -2.38. The molecule has 3 nitrogen and oxygen atoms in total. The molecule has 2 bridgehead atoms. The SMILES string of the molecule is CC1(C)[C@H]2CC[C@]1(C)[C@H](OC(=O)CCN1CCCC1)C2. The summed E-state index contributed by atoms with van der Waals surface area (Å²) < 4.78 is 5.88. The third-order valence-corrected chi connectivity index (χ3v) is 6.82. The van der Waals surface area contributed by atoms with Crippen molar-refractivity contribution in [2.24, 2.45) is 16.7 Å². The van der Waals surface area contributed by atoms with Crippen LogP contribution in [0.3, 0.4) is 0 Å². The third-order valence-electron chi connectivity index (χ3n) is 6.82. The van der Waals surface area contributed by atoms with Crippen LogP contribution in [0, 0.1) is 16.7 Å². The number of likely N-dealkylation sites (tertiary alicyclic amines) is 1. The van der Waals surface area contributed by atoms with Gasteiger partial charge >= 0.3 is 5.97 Å². The van der Waals surface area contributed by atoms with Gasteiger partial charge in [0.15, 0.2) is 0 Å². The monoisotopic (exact) mass is 279 g/mol. The van der Waals surface area contributed by atoms with Gasteiger partial charge < -0.3 is 9.64 Å². The summed E-state index contributed by atoms with van der Waals surface area (Å²) in [5.74, 6) is 0.760. The minimum absolute atomic E-state index is 0.0199. The minimum Gasteiger partial charge on any atom is -0.462 e. The van der Waals surface area contributed by atoms with Crippen LogP contribution in [0.25, 0.3) is 0 Å². The molecule has 0 amide bonds. The summed E-state index contributed by atoms with van der Waals surface area (Å²) in [5, 5.41) is 0. The molecule has 1 saturated heterocycles. The summed E-state index contributed by atoms with van der Waals surface area (Å²) in [6, 6.07) is 0. The van der Waals surface area contributed by atoms with Gasteiger partial charge in [0.1, 0.15) is 6.10 Å². The normalized spacial score (nSPS) is 39.4. The Morgan fingerprint density at radius 3 is 2.50 bits per heavy atom. The second-order valence-corrected chi connectivity index (χ2v) is 7.89. The van der Waals surface area contributed by atoms with E-state index in [2.05, 4.69) is 25.7 Å². The van der Waals surface area contributed by atoms with Crippen LogP contribution in [-0.4, -0.2) is 36.6 Å². The van der Waals surface area contributed by atoms with Crippen LogP contribution in [-0.2, 0) is 9.53 Å². The molecule has 0 spiro atoms. The van der Waals surface area contributed by atoms with Crippen molar-refractivity contribution in [1.82, 2.24) is 4.90 Å².